The van der Waals surface area contributed by atoms with E-state index >= 15 is 0 Å². The van der Waals surface area contributed by atoms with Crippen molar-refractivity contribution in [2.45, 2.75) is 38.2 Å². The van der Waals surface area contributed by atoms with Crippen molar-refractivity contribution in [2.75, 3.05) is 13.2 Å². The fourth-order valence-electron chi connectivity index (χ4n) is 1.83. The number of hydrogen-bond acceptors (Lipinski definition) is 2. The van der Waals surface area contributed by atoms with Gasteiger partial charge in [0.05, 0.1) is 12.2 Å². The lowest BCUT2D eigenvalue weighted by atomic mass is 9.82. The van der Waals surface area contributed by atoms with E-state index in [2.05, 4.69) is 6.58 Å². The van der Waals surface area contributed by atoms with Gasteiger partial charge in [-0.1, -0.05) is 6.08 Å². The first-order chi connectivity index (χ1) is 6.17. The number of hydrogen-bond donors (Lipinski definition) is 1. The van der Waals surface area contributed by atoms with Crippen LogP contribution in [0.5, 0.6) is 0 Å². The highest BCUT2D eigenvalue weighted by Gasteiger charge is 2.32. The standard InChI is InChI=1S/C11H20O2/c1-3-4-7-11(2,12)10-6-5-8-13-9-10/h3,10,12H,1,4-9H2,2H3. The van der Waals surface area contributed by atoms with Gasteiger partial charge in [0.1, 0.15) is 0 Å². The molecule has 1 aliphatic heterocycles. The topological polar surface area (TPSA) is 29.5 Å². The van der Waals surface area contributed by atoms with Crippen LogP contribution < -0.4 is 0 Å². The molecule has 0 saturated carbocycles. The summed E-state index contributed by atoms with van der Waals surface area (Å²) in [5.74, 6) is 0.307. The smallest absolute Gasteiger partial charge is 0.0672 e. The van der Waals surface area contributed by atoms with Crippen LogP contribution in [0.3, 0.4) is 0 Å². The SMILES string of the molecule is C=CCCC(C)(O)C1CCCOC1. The monoisotopic (exact) mass is 184 g/mol. The van der Waals surface area contributed by atoms with Gasteiger partial charge in [0.2, 0.25) is 0 Å². The largest absolute Gasteiger partial charge is 0.390 e. The van der Waals surface area contributed by atoms with E-state index in [0.717, 1.165) is 32.3 Å². The van der Waals surface area contributed by atoms with Crippen molar-refractivity contribution >= 4 is 0 Å². The molecule has 0 amide bonds. The number of allylic oxidation sites excluding steroid dienone is 1. The Kier molecular flexibility index (Phi) is 3.94. The van der Waals surface area contributed by atoms with E-state index in [1.165, 1.54) is 0 Å². The van der Waals surface area contributed by atoms with E-state index in [0.29, 0.717) is 12.5 Å². The molecule has 0 aromatic rings. The van der Waals surface area contributed by atoms with Crippen molar-refractivity contribution in [3.63, 3.8) is 0 Å². The summed E-state index contributed by atoms with van der Waals surface area (Å²) in [5, 5.41) is 10.1. The van der Waals surface area contributed by atoms with Crippen LogP contribution in [0.2, 0.25) is 0 Å². The molecule has 0 aromatic heterocycles. The van der Waals surface area contributed by atoms with E-state index in [-0.39, 0.29) is 0 Å². The molecule has 1 aliphatic rings. The second kappa shape index (κ2) is 4.77. The summed E-state index contributed by atoms with van der Waals surface area (Å²) >= 11 is 0. The first-order valence-corrected chi connectivity index (χ1v) is 5.08. The third-order valence-electron chi connectivity index (χ3n) is 2.89. The van der Waals surface area contributed by atoms with Gasteiger partial charge in [0.15, 0.2) is 0 Å². The summed E-state index contributed by atoms with van der Waals surface area (Å²) in [5.41, 5.74) is -0.575. The van der Waals surface area contributed by atoms with Crippen LogP contribution in [0, 0.1) is 5.92 Å². The van der Waals surface area contributed by atoms with Gasteiger partial charge in [-0.25, -0.2) is 0 Å². The number of ether oxygens (including phenoxy) is 1. The van der Waals surface area contributed by atoms with E-state index < -0.39 is 5.60 Å². The summed E-state index contributed by atoms with van der Waals surface area (Å²) in [6, 6.07) is 0. The van der Waals surface area contributed by atoms with Gasteiger partial charge in [-0.15, -0.1) is 6.58 Å². The van der Waals surface area contributed by atoms with Crippen molar-refractivity contribution in [3.05, 3.63) is 12.7 Å². The van der Waals surface area contributed by atoms with Crippen molar-refractivity contribution in [3.8, 4) is 0 Å². The lowest BCUT2D eigenvalue weighted by molar-refractivity contribution is -0.0716. The van der Waals surface area contributed by atoms with Gasteiger partial charge in [0.25, 0.3) is 0 Å². The molecule has 1 heterocycles. The quantitative estimate of drug-likeness (QED) is 0.678. The maximum absolute atomic E-state index is 10.1. The molecule has 1 rings (SSSR count). The molecule has 2 unspecified atom stereocenters. The average Bonchev–Trinajstić information content (AvgIpc) is 2.16. The summed E-state index contributed by atoms with van der Waals surface area (Å²) in [7, 11) is 0. The minimum absolute atomic E-state index is 0.307. The van der Waals surface area contributed by atoms with Crippen LogP contribution in [0.25, 0.3) is 0 Å². The molecule has 1 fully saturated rings. The van der Waals surface area contributed by atoms with Crippen LogP contribution in [0.4, 0.5) is 0 Å². The maximum Gasteiger partial charge on any atom is 0.0672 e. The van der Waals surface area contributed by atoms with Gasteiger partial charge in [-0.05, 0) is 32.6 Å². The Morgan fingerprint density at radius 1 is 1.69 bits per heavy atom. The fourth-order valence-corrected chi connectivity index (χ4v) is 1.83. The van der Waals surface area contributed by atoms with Crippen LogP contribution in [-0.2, 0) is 4.74 Å². The molecule has 0 radical (unpaired) electrons. The van der Waals surface area contributed by atoms with Crippen LogP contribution in [0.15, 0.2) is 12.7 Å². The summed E-state index contributed by atoms with van der Waals surface area (Å²) in [6.07, 6.45) is 5.70. The van der Waals surface area contributed by atoms with Gasteiger partial charge in [0, 0.05) is 12.5 Å². The molecule has 0 aromatic carbocycles. The molecule has 2 atom stereocenters. The Balaban J connectivity index is 2.40. The molecule has 1 saturated heterocycles. The predicted molar refractivity (Wildman–Crippen MR) is 53.6 cm³/mol. The molecule has 13 heavy (non-hydrogen) atoms. The molecule has 2 nitrogen and oxygen atoms in total. The first kappa shape index (κ1) is 10.7. The number of rotatable bonds is 4. The average molecular weight is 184 g/mol. The second-order valence-corrected chi connectivity index (χ2v) is 4.10. The fraction of sp³-hybridized carbons (Fsp3) is 0.818. The Morgan fingerprint density at radius 3 is 3.00 bits per heavy atom. The van der Waals surface area contributed by atoms with Gasteiger partial charge >= 0.3 is 0 Å². The lowest BCUT2D eigenvalue weighted by Gasteiger charge is -2.35. The Labute approximate surface area is 80.6 Å². The minimum Gasteiger partial charge on any atom is -0.390 e. The van der Waals surface area contributed by atoms with Crippen molar-refractivity contribution in [2.24, 2.45) is 5.92 Å². The predicted octanol–water partition coefficient (Wildman–Crippen LogP) is 2.13. The zero-order chi connectivity index (χ0) is 9.73. The highest BCUT2D eigenvalue weighted by atomic mass is 16.5. The van der Waals surface area contributed by atoms with E-state index in [4.69, 9.17) is 4.74 Å². The van der Waals surface area contributed by atoms with E-state index in [9.17, 15) is 5.11 Å². The third-order valence-corrected chi connectivity index (χ3v) is 2.89. The van der Waals surface area contributed by atoms with Crippen LogP contribution in [-0.4, -0.2) is 23.9 Å². The van der Waals surface area contributed by atoms with Gasteiger partial charge < -0.3 is 9.84 Å². The zero-order valence-electron chi connectivity index (χ0n) is 8.46. The number of aliphatic hydroxyl groups is 1. The Hall–Kier alpha value is -0.340. The van der Waals surface area contributed by atoms with Crippen LogP contribution in [0.1, 0.15) is 32.6 Å². The van der Waals surface area contributed by atoms with Gasteiger partial charge in [-0.3, -0.25) is 0 Å². The van der Waals surface area contributed by atoms with Crippen molar-refractivity contribution in [1.29, 1.82) is 0 Å². The highest BCUT2D eigenvalue weighted by Crippen LogP contribution is 2.29. The first-order valence-electron chi connectivity index (χ1n) is 5.08. The molecule has 0 aliphatic carbocycles. The normalized spacial score (nSPS) is 28.0. The highest BCUT2D eigenvalue weighted by molar-refractivity contribution is 4.85. The molecule has 2 heteroatoms. The summed E-state index contributed by atoms with van der Waals surface area (Å²) < 4.78 is 5.36. The van der Waals surface area contributed by atoms with Crippen molar-refractivity contribution < 1.29 is 9.84 Å². The third kappa shape index (κ3) is 3.12. The molecular formula is C11H20O2. The molecule has 0 spiro atoms. The maximum atomic E-state index is 10.1. The molecule has 1 N–H and O–H groups in total. The summed E-state index contributed by atoms with van der Waals surface area (Å²) in [4.78, 5) is 0. The molecular weight excluding hydrogens is 164 g/mol. The molecule has 0 bridgehead atoms. The minimum atomic E-state index is -0.575. The van der Waals surface area contributed by atoms with Crippen molar-refractivity contribution in [1.82, 2.24) is 0 Å². The summed E-state index contributed by atoms with van der Waals surface area (Å²) in [6.45, 7) is 7.15. The molecule has 76 valence electrons. The Bertz CT molecular complexity index is 157. The van der Waals surface area contributed by atoms with E-state index in [1.807, 2.05) is 13.0 Å². The van der Waals surface area contributed by atoms with Gasteiger partial charge in [-0.2, -0.15) is 0 Å². The zero-order valence-corrected chi connectivity index (χ0v) is 8.46. The van der Waals surface area contributed by atoms with Crippen LogP contribution >= 0.6 is 0 Å². The second-order valence-electron chi connectivity index (χ2n) is 4.10. The lowest BCUT2D eigenvalue weighted by Crippen LogP contribution is -2.39. The van der Waals surface area contributed by atoms with E-state index in [1.54, 1.807) is 0 Å². The Morgan fingerprint density at radius 2 is 2.46 bits per heavy atom.